The molecule has 1 fully saturated rings. The van der Waals surface area contributed by atoms with Gasteiger partial charge < -0.3 is 39.6 Å². The smallest absolute Gasteiger partial charge is 0.272 e. The maximum absolute atomic E-state index is 13.1. The van der Waals surface area contributed by atoms with Gasteiger partial charge in [-0.1, -0.05) is 18.2 Å². The lowest BCUT2D eigenvalue weighted by Crippen LogP contribution is -2.41. The van der Waals surface area contributed by atoms with E-state index in [4.69, 9.17) is 10.1 Å². The van der Waals surface area contributed by atoms with Gasteiger partial charge in [0.25, 0.3) is 17.7 Å². The van der Waals surface area contributed by atoms with Crippen LogP contribution in [0.3, 0.4) is 0 Å². The van der Waals surface area contributed by atoms with Crippen molar-refractivity contribution in [3.63, 3.8) is 0 Å². The highest BCUT2D eigenvalue weighted by Gasteiger charge is 2.18. The van der Waals surface area contributed by atoms with Crippen molar-refractivity contribution in [1.29, 1.82) is 5.41 Å². The Bertz CT molecular complexity index is 1800. The summed E-state index contributed by atoms with van der Waals surface area (Å²) < 4.78 is 8.57. The van der Waals surface area contributed by atoms with Crippen molar-refractivity contribution in [3.05, 3.63) is 95.3 Å². The molecule has 3 aromatic heterocycles. The van der Waals surface area contributed by atoms with Gasteiger partial charge in [0.2, 0.25) is 0 Å². The first-order valence-corrected chi connectivity index (χ1v) is 15.6. The van der Waals surface area contributed by atoms with Crippen LogP contribution in [0.15, 0.2) is 67.1 Å². The van der Waals surface area contributed by atoms with E-state index in [0.29, 0.717) is 79.1 Å². The van der Waals surface area contributed by atoms with E-state index in [9.17, 15) is 14.4 Å². The zero-order chi connectivity index (χ0) is 34.2. The van der Waals surface area contributed by atoms with E-state index >= 15 is 0 Å². The summed E-state index contributed by atoms with van der Waals surface area (Å²) in [7, 11) is 7.42. The van der Waals surface area contributed by atoms with E-state index in [-0.39, 0.29) is 11.8 Å². The quantitative estimate of drug-likeness (QED) is 0.142. The van der Waals surface area contributed by atoms with Gasteiger partial charge in [0.15, 0.2) is 0 Å². The van der Waals surface area contributed by atoms with Gasteiger partial charge in [0, 0.05) is 78.5 Å². The average Bonchev–Trinajstić information content (AvgIpc) is 3.64. The minimum atomic E-state index is -0.399. The van der Waals surface area contributed by atoms with Crippen LogP contribution in [-0.2, 0) is 18.8 Å². The summed E-state index contributed by atoms with van der Waals surface area (Å²) in [6.07, 6.45) is 9.08. The van der Waals surface area contributed by atoms with E-state index in [1.54, 1.807) is 59.9 Å². The number of anilines is 3. The largest absolute Gasteiger partial charge is 0.378 e. The number of carbonyl (C=O) groups is 3. The summed E-state index contributed by atoms with van der Waals surface area (Å²) in [5.74, 6) is -0.584. The molecule has 0 atom stereocenters. The SMILES string of the molecule is CN(C)c1ccc(/C=C/c2ccc(C(=O)Nc3cc(C(=O)Nc4cc(C(=O)NCCC(=N)N5CCOCC5)n(C)c4)n(C)c3)cn2)cc1. The van der Waals surface area contributed by atoms with Crippen LogP contribution < -0.4 is 20.9 Å². The summed E-state index contributed by atoms with van der Waals surface area (Å²) in [4.78, 5) is 47.2. The normalized spacial score (nSPS) is 13.0. The van der Waals surface area contributed by atoms with Gasteiger partial charge in [-0.2, -0.15) is 0 Å². The molecular weight excluding hydrogens is 610 g/mol. The highest BCUT2D eigenvalue weighted by molar-refractivity contribution is 6.07. The van der Waals surface area contributed by atoms with Crippen LogP contribution >= 0.6 is 0 Å². The number of pyridine rings is 1. The first-order valence-electron chi connectivity index (χ1n) is 15.6. The minimum absolute atomic E-state index is 0.301. The summed E-state index contributed by atoms with van der Waals surface area (Å²) >= 11 is 0. The Morgan fingerprint density at radius 2 is 1.50 bits per heavy atom. The zero-order valence-corrected chi connectivity index (χ0v) is 27.6. The number of amidine groups is 1. The average molecular weight is 652 g/mol. The molecule has 1 aliphatic heterocycles. The van der Waals surface area contributed by atoms with Crippen LogP contribution in [0.25, 0.3) is 12.2 Å². The molecule has 0 aliphatic carbocycles. The third-order valence-electron chi connectivity index (χ3n) is 7.94. The molecule has 4 N–H and O–H groups in total. The molecule has 0 bridgehead atoms. The van der Waals surface area contributed by atoms with Gasteiger partial charge in [-0.15, -0.1) is 0 Å². The topological polar surface area (TPSA) is 150 Å². The zero-order valence-electron chi connectivity index (χ0n) is 27.6. The van der Waals surface area contributed by atoms with Crippen LogP contribution in [0.1, 0.15) is 49.0 Å². The number of nitrogens with zero attached hydrogens (tertiary/aromatic N) is 5. The first kappa shape index (κ1) is 33.7. The van der Waals surface area contributed by atoms with Crippen molar-refractivity contribution >= 4 is 52.8 Å². The number of amides is 3. The Balaban J connectivity index is 1.13. The first-order chi connectivity index (χ1) is 23.1. The molecule has 0 radical (unpaired) electrons. The molecule has 4 heterocycles. The Labute approximate surface area is 279 Å². The summed E-state index contributed by atoms with van der Waals surface area (Å²) in [6, 6.07) is 14.8. The van der Waals surface area contributed by atoms with Crippen molar-refractivity contribution in [2.75, 3.05) is 62.5 Å². The van der Waals surface area contributed by atoms with E-state index in [2.05, 4.69) is 20.9 Å². The Morgan fingerprint density at radius 3 is 2.10 bits per heavy atom. The number of carbonyl (C=O) groups excluding carboxylic acids is 3. The predicted octanol–water partition coefficient (Wildman–Crippen LogP) is 3.93. The van der Waals surface area contributed by atoms with Crippen LogP contribution in [0.5, 0.6) is 0 Å². The maximum Gasteiger partial charge on any atom is 0.272 e. The van der Waals surface area contributed by atoms with Crippen molar-refractivity contribution in [1.82, 2.24) is 24.3 Å². The number of aryl methyl sites for hydroxylation is 2. The number of aromatic nitrogens is 3. The molecule has 1 aliphatic rings. The fraction of sp³-hybridized carbons (Fsp3) is 0.286. The maximum atomic E-state index is 13.1. The van der Waals surface area contributed by atoms with Crippen molar-refractivity contribution in [3.8, 4) is 0 Å². The molecule has 5 rings (SSSR count). The predicted molar refractivity (Wildman–Crippen MR) is 188 cm³/mol. The van der Waals surface area contributed by atoms with Gasteiger partial charge in [0.1, 0.15) is 11.4 Å². The molecule has 0 unspecified atom stereocenters. The van der Waals surface area contributed by atoms with E-state index < -0.39 is 5.91 Å². The van der Waals surface area contributed by atoms with Crippen LogP contribution in [0, 0.1) is 5.41 Å². The lowest BCUT2D eigenvalue weighted by atomic mass is 10.1. The number of rotatable bonds is 11. The van der Waals surface area contributed by atoms with Gasteiger partial charge in [-0.3, -0.25) is 24.8 Å². The molecule has 4 aromatic rings. The fourth-order valence-electron chi connectivity index (χ4n) is 5.20. The molecule has 1 saturated heterocycles. The summed E-state index contributed by atoms with van der Waals surface area (Å²) in [5.41, 5.74) is 4.85. The monoisotopic (exact) mass is 651 g/mol. The third kappa shape index (κ3) is 8.56. The molecule has 0 saturated carbocycles. The van der Waals surface area contributed by atoms with Gasteiger partial charge >= 0.3 is 0 Å². The number of benzene rings is 1. The van der Waals surface area contributed by atoms with Crippen LogP contribution in [0.2, 0.25) is 0 Å². The number of hydrogen-bond donors (Lipinski definition) is 4. The Hall–Kier alpha value is -5.69. The minimum Gasteiger partial charge on any atom is -0.378 e. The van der Waals surface area contributed by atoms with Crippen LogP contribution in [-0.4, -0.2) is 89.5 Å². The lowest BCUT2D eigenvalue weighted by Gasteiger charge is -2.29. The van der Waals surface area contributed by atoms with Gasteiger partial charge in [-0.25, -0.2) is 0 Å². The van der Waals surface area contributed by atoms with Crippen molar-refractivity contribution < 1.29 is 19.1 Å². The summed E-state index contributed by atoms with van der Waals surface area (Å²) in [5, 5.41) is 16.7. The van der Waals surface area contributed by atoms with E-state index in [0.717, 1.165) is 11.3 Å². The lowest BCUT2D eigenvalue weighted by molar-refractivity contribution is 0.0668. The molecule has 3 amide bonds. The second-order valence-electron chi connectivity index (χ2n) is 11.7. The molecule has 250 valence electrons. The highest BCUT2D eigenvalue weighted by Crippen LogP contribution is 2.19. The Kier molecular flexibility index (Phi) is 10.7. The van der Waals surface area contributed by atoms with Gasteiger partial charge in [0.05, 0.1) is 41.7 Å². The van der Waals surface area contributed by atoms with Crippen molar-refractivity contribution in [2.24, 2.45) is 14.1 Å². The van der Waals surface area contributed by atoms with Gasteiger partial charge in [-0.05, 0) is 48.0 Å². The number of morpholine rings is 1. The molecular formula is C35H41N9O4. The number of hydrogen-bond acceptors (Lipinski definition) is 7. The summed E-state index contributed by atoms with van der Waals surface area (Å²) in [6.45, 7) is 2.89. The highest BCUT2D eigenvalue weighted by atomic mass is 16.5. The van der Waals surface area contributed by atoms with E-state index in [1.165, 1.54) is 6.20 Å². The van der Waals surface area contributed by atoms with E-state index in [1.807, 2.05) is 60.3 Å². The molecule has 1 aromatic carbocycles. The molecule has 13 heteroatoms. The molecule has 0 spiro atoms. The number of nitrogens with one attached hydrogen (secondary N) is 4. The molecule has 48 heavy (non-hydrogen) atoms. The van der Waals surface area contributed by atoms with Crippen LogP contribution in [0.4, 0.5) is 17.1 Å². The molecule has 13 nitrogen and oxygen atoms in total. The fourth-order valence-corrected chi connectivity index (χ4v) is 5.20. The standard InChI is InChI=1S/C35H41N9O4/c1-41(2)29-11-6-24(7-12-29)5-9-26-10-8-25(21-38-26)33(45)39-27-20-31(43(4)22-27)35(47)40-28-19-30(42(3)23-28)34(46)37-14-13-32(36)44-15-17-48-18-16-44/h5-12,19-23,36H,13-18H2,1-4H3,(H,37,46)(H,39,45)(H,40,47)/b9-5+,36-32?. The Morgan fingerprint density at radius 1 is 0.875 bits per heavy atom. The second kappa shape index (κ2) is 15.3. The second-order valence-corrected chi connectivity index (χ2v) is 11.7. The van der Waals surface area contributed by atoms with Crippen molar-refractivity contribution in [2.45, 2.75) is 6.42 Å². The third-order valence-corrected chi connectivity index (χ3v) is 7.94. The number of ether oxygens (including phenoxy) is 1.